The van der Waals surface area contributed by atoms with E-state index >= 15 is 0 Å². The van der Waals surface area contributed by atoms with E-state index in [2.05, 4.69) is 4.98 Å². The van der Waals surface area contributed by atoms with Gasteiger partial charge in [0.1, 0.15) is 16.0 Å². The Balaban J connectivity index is 2.23. The van der Waals surface area contributed by atoms with Crippen LogP contribution in [0.3, 0.4) is 0 Å². The monoisotopic (exact) mass is 357 g/mol. The Morgan fingerprint density at radius 1 is 1.82 bits per heavy atom. The molecule has 1 aromatic heterocycles. The summed E-state index contributed by atoms with van der Waals surface area (Å²) in [6.07, 6.45) is -0.300. The van der Waals surface area contributed by atoms with Crippen molar-refractivity contribution >= 4 is 28.5 Å². The molecule has 1 aliphatic rings. The van der Waals surface area contributed by atoms with Crippen LogP contribution in [0, 0.1) is 10.1 Å². The average Bonchev–Trinajstić information content (AvgIpc) is 2.64. The topological polar surface area (TPSA) is 90.4 Å². The van der Waals surface area contributed by atoms with E-state index in [4.69, 9.17) is 4.74 Å². The van der Waals surface area contributed by atoms with E-state index in [9.17, 15) is 19.6 Å². The Bertz CT molecular complexity index is 438. The molecule has 0 saturated carbocycles. The molecule has 2 rings (SSSR count). The van der Waals surface area contributed by atoms with Gasteiger partial charge in [-0.25, -0.2) is 4.39 Å². The normalized spacial score (nSPS) is 33.6. The third-order valence-electron chi connectivity index (χ3n) is 2.38. The van der Waals surface area contributed by atoms with Crippen molar-refractivity contribution in [2.24, 2.45) is 0 Å². The van der Waals surface area contributed by atoms with Crippen LogP contribution in [-0.2, 0) is 4.74 Å². The number of ether oxygens (including phenoxy) is 1. The summed E-state index contributed by atoms with van der Waals surface area (Å²) in [4.78, 5) is 13.5. The van der Waals surface area contributed by atoms with Crippen molar-refractivity contribution in [2.45, 2.75) is 22.4 Å². The molecule has 1 N–H and O–H groups in total. The van der Waals surface area contributed by atoms with Crippen LogP contribution in [0.2, 0.25) is 0 Å². The molecule has 1 saturated heterocycles. The fraction of sp³-hybridized carbons (Fsp3) is 0.625. The maximum absolute atomic E-state index is 13.8. The highest BCUT2D eigenvalue weighted by atomic mass is 127. The summed E-state index contributed by atoms with van der Waals surface area (Å²) in [5.74, 6) is -0.475. The number of nitrogens with zero attached hydrogens (tertiary/aromatic N) is 3. The van der Waals surface area contributed by atoms with Gasteiger partial charge in [0.05, 0.1) is 6.61 Å². The lowest BCUT2D eigenvalue weighted by molar-refractivity contribution is -0.399. The number of aromatic nitrogens is 2. The van der Waals surface area contributed by atoms with E-state index in [1.54, 1.807) is 22.6 Å². The molecular weight excluding hydrogens is 348 g/mol. The third kappa shape index (κ3) is 2.55. The van der Waals surface area contributed by atoms with Crippen LogP contribution in [-0.4, -0.2) is 36.0 Å². The van der Waals surface area contributed by atoms with Crippen LogP contribution in [0.1, 0.15) is 12.6 Å². The molecule has 3 atom stereocenters. The Kier molecular flexibility index (Phi) is 3.32. The Morgan fingerprint density at radius 3 is 3.12 bits per heavy atom. The van der Waals surface area contributed by atoms with E-state index in [-0.39, 0.29) is 13.0 Å². The first-order valence-electron chi connectivity index (χ1n) is 4.75. The molecule has 1 aliphatic heterocycles. The molecule has 94 valence electrons. The van der Waals surface area contributed by atoms with Crippen LogP contribution in [0.25, 0.3) is 0 Å². The largest absolute Gasteiger partial charge is 0.436 e. The second-order valence-corrected chi connectivity index (χ2v) is 5.74. The average molecular weight is 357 g/mol. The Morgan fingerprint density at radius 2 is 2.53 bits per heavy atom. The lowest BCUT2D eigenvalue weighted by atomic mass is 10.1. The standard InChI is InChI=1S/C8H9FIN3O4/c9-5-3-8(10,14)4-17-6(5)12-2-1-11-7(12)13(15)16/h1-2,5-6,14H,3-4H2/t5-,6?,8+/m0/s1. The molecule has 2 heterocycles. The van der Waals surface area contributed by atoms with E-state index in [1.165, 1.54) is 12.4 Å². The zero-order valence-corrected chi connectivity index (χ0v) is 10.7. The number of hydrogen-bond donors (Lipinski definition) is 1. The van der Waals surface area contributed by atoms with Crippen molar-refractivity contribution in [3.05, 3.63) is 22.5 Å². The van der Waals surface area contributed by atoms with Gasteiger partial charge in [0.25, 0.3) is 0 Å². The maximum Gasteiger partial charge on any atom is 0.436 e. The van der Waals surface area contributed by atoms with E-state index in [1.807, 2.05) is 0 Å². The number of rotatable bonds is 2. The maximum atomic E-state index is 13.8. The first kappa shape index (κ1) is 12.6. The van der Waals surface area contributed by atoms with Gasteiger partial charge in [-0.3, -0.25) is 0 Å². The van der Waals surface area contributed by atoms with Crippen LogP contribution in [0.4, 0.5) is 10.3 Å². The summed E-state index contributed by atoms with van der Waals surface area (Å²) in [5.41, 5.74) is 0. The van der Waals surface area contributed by atoms with Gasteiger partial charge in [0.2, 0.25) is 6.23 Å². The van der Waals surface area contributed by atoms with Crippen LogP contribution < -0.4 is 0 Å². The van der Waals surface area contributed by atoms with Gasteiger partial charge in [-0.2, -0.15) is 4.57 Å². The molecule has 0 amide bonds. The van der Waals surface area contributed by atoms with Gasteiger partial charge < -0.3 is 20.0 Å². The van der Waals surface area contributed by atoms with Crippen LogP contribution in [0.5, 0.6) is 0 Å². The molecule has 17 heavy (non-hydrogen) atoms. The lowest BCUT2D eigenvalue weighted by Gasteiger charge is -2.33. The molecular formula is C8H9FIN3O4. The zero-order chi connectivity index (χ0) is 12.6. The van der Waals surface area contributed by atoms with Crippen molar-refractivity contribution in [2.75, 3.05) is 6.61 Å². The predicted octanol–water partition coefficient (Wildman–Crippen LogP) is 1.17. The molecule has 0 radical (unpaired) electrons. The summed E-state index contributed by atoms with van der Waals surface area (Å²) < 4.78 is 18.7. The fourth-order valence-electron chi connectivity index (χ4n) is 1.68. The minimum Gasteiger partial charge on any atom is -0.390 e. The number of alkyl halides is 2. The highest BCUT2D eigenvalue weighted by molar-refractivity contribution is 14.1. The third-order valence-corrected chi connectivity index (χ3v) is 3.13. The van der Waals surface area contributed by atoms with E-state index in [0.717, 1.165) is 4.57 Å². The summed E-state index contributed by atoms with van der Waals surface area (Å²) in [7, 11) is 0. The van der Waals surface area contributed by atoms with Gasteiger partial charge in [-0.05, 0) is 27.5 Å². The van der Waals surface area contributed by atoms with Crippen molar-refractivity contribution in [3.63, 3.8) is 0 Å². The lowest BCUT2D eigenvalue weighted by Crippen LogP contribution is -2.42. The van der Waals surface area contributed by atoms with E-state index in [0.29, 0.717) is 0 Å². The molecule has 1 aromatic rings. The number of aliphatic hydroxyl groups is 1. The molecule has 7 nitrogen and oxygen atoms in total. The molecule has 1 fully saturated rings. The highest BCUT2D eigenvalue weighted by Gasteiger charge is 2.43. The van der Waals surface area contributed by atoms with Gasteiger partial charge in [0.15, 0.2) is 6.17 Å². The Labute approximate surface area is 109 Å². The quantitative estimate of drug-likeness (QED) is 0.372. The number of halogens is 2. The SMILES string of the molecule is O=[N+]([O-])c1nccn1C1OC[C@@](O)(I)C[C@@H]1F. The second-order valence-electron chi connectivity index (χ2n) is 3.73. The van der Waals surface area contributed by atoms with Gasteiger partial charge in [-0.1, -0.05) is 4.98 Å². The molecule has 1 unspecified atom stereocenters. The summed E-state index contributed by atoms with van der Waals surface area (Å²) in [5, 5.41) is 20.3. The summed E-state index contributed by atoms with van der Waals surface area (Å²) in [6.45, 7) is -0.0893. The van der Waals surface area contributed by atoms with Crippen LogP contribution >= 0.6 is 22.6 Å². The molecule has 0 aliphatic carbocycles. The molecule has 0 bridgehead atoms. The van der Waals surface area contributed by atoms with Gasteiger partial charge in [-0.15, -0.1) is 0 Å². The first-order valence-corrected chi connectivity index (χ1v) is 5.83. The number of hydrogen-bond acceptors (Lipinski definition) is 5. The van der Waals surface area contributed by atoms with Crippen LogP contribution in [0.15, 0.2) is 12.4 Å². The highest BCUT2D eigenvalue weighted by Crippen LogP contribution is 2.36. The van der Waals surface area contributed by atoms with Gasteiger partial charge in [0, 0.05) is 6.42 Å². The summed E-state index contributed by atoms with van der Waals surface area (Å²) in [6, 6.07) is 0. The molecule has 0 aromatic carbocycles. The second kappa shape index (κ2) is 4.46. The van der Waals surface area contributed by atoms with E-state index < -0.39 is 26.9 Å². The first-order chi connectivity index (χ1) is 7.91. The van der Waals surface area contributed by atoms with Crippen molar-refractivity contribution in [3.8, 4) is 0 Å². The van der Waals surface area contributed by atoms with Gasteiger partial charge >= 0.3 is 5.95 Å². The smallest absolute Gasteiger partial charge is 0.390 e. The predicted molar refractivity (Wildman–Crippen MR) is 62.4 cm³/mol. The molecule has 0 spiro atoms. The molecule has 9 heteroatoms. The van der Waals surface area contributed by atoms with Crippen molar-refractivity contribution in [1.29, 1.82) is 0 Å². The van der Waals surface area contributed by atoms with Crippen molar-refractivity contribution < 1.29 is 19.2 Å². The summed E-state index contributed by atoms with van der Waals surface area (Å²) >= 11 is 1.69. The number of nitro groups is 1. The zero-order valence-electron chi connectivity index (χ0n) is 8.49. The van der Waals surface area contributed by atoms with Crippen molar-refractivity contribution in [1.82, 2.24) is 9.55 Å². The minimum absolute atomic E-state index is 0.0893. The number of imidazole rings is 1. The Hall–Kier alpha value is -0.810. The fourth-order valence-corrected chi connectivity index (χ4v) is 2.28. The minimum atomic E-state index is -1.53.